The number of sulfone groups is 1. The van der Waals surface area contributed by atoms with Crippen LogP contribution in [0.5, 0.6) is 0 Å². The summed E-state index contributed by atoms with van der Waals surface area (Å²) in [5.74, 6) is -0.00846. The summed E-state index contributed by atoms with van der Waals surface area (Å²) in [6.07, 6.45) is 1.03. The van der Waals surface area contributed by atoms with Crippen molar-refractivity contribution in [1.82, 2.24) is 4.31 Å². The van der Waals surface area contributed by atoms with Crippen LogP contribution in [-0.2, 0) is 19.9 Å². The Labute approximate surface area is 152 Å². The van der Waals surface area contributed by atoms with E-state index in [-0.39, 0.29) is 11.5 Å². The van der Waals surface area contributed by atoms with Gasteiger partial charge in [-0.05, 0) is 75.3 Å². The molecule has 25 heavy (non-hydrogen) atoms. The Morgan fingerprint density at radius 3 is 1.84 bits per heavy atom. The fraction of sp³-hybridized carbons (Fsp3) is 0.667. The van der Waals surface area contributed by atoms with Crippen LogP contribution in [0.4, 0.5) is 0 Å². The quantitative estimate of drug-likeness (QED) is 0.779. The second kappa shape index (κ2) is 7.00. The Morgan fingerprint density at radius 2 is 1.44 bits per heavy atom. The van der Waals surface area contributed by atoms with E-state index in [2.05, 4.69) is 0 Å². The predicted molar refractivity (Wildman–Crippen MR) is 101 cm³/mol. The van der Waals surface area contributed by atoms with E-state index in [1.165, 1.54) is 4.31 Å². The average Bonchev–Trinajstić information content (AvgIpc) is 2.88. The Hall–Kier alpha value is -0.920. The molecule has 1 aliphatic heterocycles. The van der Waals surface area contributed by atoms with Crippen LogP contribution in [0.2, 0.25) is 0 Å². The summed E-state index contributed by atoms with van der Waals surface area (Å²) in [5, 5.41) is 0. The van der Waals surface area contributed by atoms with Crippen molar-refractivity contribution in [2.24, 2.45) is 0 Å². The van der Waals surface area contributed by atoms with Gasteiger partial charge in [0.05, 0.1) is 16.4 Å². The van der Waals surface area contributed by atoms with Crippen LogP contribution in [0.1, 0.15) is 47.6 Å². The van der Waals surface area contributed by atoms with E-state index in [9.17, 15) is 16.8 Å². The zero-order valence-corrected chi connectivity index (χ0v) is 17.6. The lowest BCUT2D eigenvalue weighted by molar-refractivity contribution is 0.340. The van der Waals surface area contributed by atoms with Gasteiger partial charge < -0.3 is 0 Å². The zero-order valence-electron chi connectivity index (χ0n) is 16.0. The first-order chi connectivity index (χ1) is 11.4. The van der Waals surface area contributed by atoms with Gasteiger partial charge >= 0.3 is 0 Å². The molecule has 0 amide bonds. The number of sulfonamides is 1. The molecule has 1 fully saturated rings. The molecule has 5 nitrogen and oxygen atoms in total. The summed E-state index contributed by atoms with van der Waals surface area (Å²) in [6.45, 7) is 11.8. The van der Waals surface area contributed by atoms with Crippen LogP contribution in [0.15, 0.2) is 4.90 Å². The summed E-state index contributed by atoms with van der Waals surface area (Å²) in [7, 11) is -6.90. The van der Waals surface area contributed by atoms with Gasteiger partial charge in [-0.15, -0.1) is 0 Å². The van der Waals surface area contributed by atoms with E-state index >= 15 is 0 Å². The third-order valence-electron chi connectivity index (χ3n) is 5.56. The highest BCUT2D eigenvalue weighted by Gasteiger charge is 2.39. The normalized spacial score (nSPS) is 20.4. The fourth-order valence-corrected chi connectivity index (χ4v) is 7.83. The molecule has 7 heteroatoms. The molecule has 1 saturated heterocycles. The molecule has 0 aromatic heterocycles. The van der Waals surface area contributed by atoms with Crippen molar-refractivity contribution in [2.45, 2.75) is 65.3 Å². The molecule has 0 aliphatic carbocycles. The molecule has 0 radical (unpaired) electrons. The molecule has 1 aromatic rings. The van der Waals surface area contributed by atoms with Gasteiger partial charge in [-0.2, -0.15) is 4.31 Å². The minimum absolute atomic E-state index is 0.0668. The third-order valence-corrected chi connectivity index (χ3v) is 9.53. The predicted octanol–water partition coefficient (Wildman–Crippen LogP) is 2.82. The van der Waals surface area contributed by atoms with E-state index in [1.54, 1.807) is 0 Å². The van der Waals surface area contributed by atoms with Crippen molar-refractivity contribution in [1.29, 1.82) is 0 Å². The Kier molecular flexibility index (Phi) is 5.71. The number of rotatable bonds is 5. The van der Waals surface area contributed by atoms with Crippen molar-refractivity contribution in [2.75, 3.05) is 18.1 Å². The summed E-state index contributed by atoms with van der Waals surface area (Å²) < 4.78 is 52.2. The van der Waals surface area contributed by atoms with E-state index in [0.717, 1.165) is 27.8 Å². The molecule has 1 unspecified atom stereocenters. The van der Waals surface area contributed by atoms with Crippen molar-refractivity contribution in [3.8, 4) is 0 Å². The van der Waals surface area contributed by atoms with Gasteiger partial charge in [0.1, 0.15) is 0 Å². The second-order valence-electron chi connectivity index (χ2n) is 7.13. The van der Waals surface area contributed by atoms with Crippen LogP contribution < -0.4 is 0 Å². The summed E-state index contributed by atoms with van der Waals surface area (Å²) in [4.78, 5) is 0.353. The lowest BCUT2D eigenvalue weighted by atomic mass is 9.95. The van der Waals surface area contributed by atoms with Gasteiger partial charge in [0.15, 0.2) is 9.84 Å². The van der Waals surface area contributed by atoms with E-state index in [1.807, 2.05) is 41.5 Å². The van der Waals surface area contributed by atoms with Gasteiger partial charge in [0, 0.05) is 12.6 Å². The summed E-state index contributed by atoms with van der Waals surface area (Å²) in [5.41, 5.74) is 4.61. The topological polar surface area (TPSA) is 71.5 Å². The van der Waals surface area contributed by atoms with E-state index < -0.39 is 25.9 Å². The molecular formula is C18H29NO4S2. The molecule has 1 heterocycles. The van der Waals surface area contributed by atoms with E-state index in [0.29, 0.717) is 24.3 Å². The lowest BCUT2D eigenvalue weighted by Crippen LogP contribution is -2.42. The van der Waals surface area contributed by atoms with Gasteiger partial charge in [0.2, 0.25) is 10.0 Å². The molecule has 1 atom stereocenters. The van der Waals surface area contributed by atoms with Crippen LogP contribution in [0, 0.1) is 34.6 Å². The van der Waals surface area contributed by atoms with Crippen LogP contribution in [-0.4, -0.2) is 45.2 Å². The highest BCUT2D eigenvalue weighted by Crippen LogP contribution is 2.33. The first-order valence-corrected chi connectivity index (χ1v) is 12.0. The highest BCUT2D eigenvalue weighted by atomic mass is 32.2. The summed E-state index contributed by atoms with van der Waals surface area (Å²) in [6, 6.07) is -0.462. The van der Waals surface area contributed by atoms with Gasteiger partial charge in [0.25, 0.3) is 0 Å². The van der Waals surface area contributed by atoms with Crippen molar-refractivity contribution in [3.05, 3.63) is 27.8 Å². The smallest absolute Gasteiger partial charge is 0.229 e. The lowest BCUT2D eigenvalue weighted by Gasteiger charge is -2.29. The number of hydrogen-bond donors (Lipinski definition) is 0. The van der Waals surface area contributed by atoms with Gasteiger partial charge in [-0.1, -0.05) is 6.92 Å². The van der Waals surface area contributed by atoms with Crippen LogP contribution in [0.3, 0.4) is 0 Å². The molecule has 142 valence electrons. The second-order valence-corrected chi connectivity index (χ2v) is 11.2. The van der Waals surface area contributed by atoms with Crippen molar-refractivity contribution in [3.63, 3.8) is 0 Å². The van der Waals surface area contributed by atoms with Gasteiger partial charge in [-0.3, -0.25) is 0 Å². The van der Waals surface area contributed by atoms with Crippen LogP contribution in [0.25, 0.3) is 0 Å². The number of hydrogen-bond acceptors (Lipinski definition) is 4. The standard InChI is InChI=1S/C18H29NO4S2/c1-7-9-19(17-8-10-24(20,21)11-17)25(22,23)18-15(5)13(3)12(2)14(4)16(18)6/h17H,7-11H2,1-6H3. The van der Waals surface area contributed by atoms with Crippen molar-refractivity contribution >= 4 is 19.9 Å². The molecule has 0 saturated carbocycles. The zero-order chi connectivity index (χ0) is 19.2. The number of benzene rings is 1. The molecule has 2 rings (SSSR count). The third kappa shape index (κ3) is 3.64. The largest absolute Gasteiger partial charge is 0.243 e. The summed E-state index contributed by atoms with van der Waals surface area (Å²) >= 11 is 0. The average molecular weight is 388 g/mol. The molecule has 0 bridgehead atoms. The van der Waals surface area contributed by atoms with E-state index in [4.69, 9.17) is 0 Å². The maximum Gasteiger partial charge on any atom is 0.243 e. The minimum Gasteiger partial charge on any atom is -0.229 e. The Bertz CT molecular complexity index is 857. The maximum absolute atomic E-state index is 13.5. The Balaban J connectivity index is 2.63. The minimum atomic E-state index is -3.75. The van der Waals surface area contributed by atoms with Gasteiger partial charge in [-0.25, -0.2) is 16.8 Å². The Morgan fingerprint density at radius 1 is 0.960 bits per heavy atom. The maximum atomic E-state index is 13.5. The molecule has 1 aliphatic rings. The SMILES string of the molecule is CCCN(C1CCS(=O)(=O)C1)S(=O)(=O)c1c(C)c(C)c(C)c(C)c1C. The highest BCUT2D eigenvalue weighted by molar-refractivity contribution is 7.92. The molecule has 0 N–H and O–H groups in total. The fourth-order valence-electron chi connectivity index (χ4n) is 3.69. The van der Waals surface area contributed by atoms with Crippen LogP contribution >= 0.6 is 0 Å². The number of nitrogens with zero attached hydrogens (tertiary/aromatic N) is 1. The van der Waals surface area contributed by atoms with Crippen molar-refractivity contribution < 1.29 is 16.8 Å². The molecule has 0 spiro atoms. The first-order valence-electron chi connectivity index (χ1n) is 8.73. The first kappa shape index (κ1) is 20.4. The molecule has 1 aromatic carbocycles. The molecular weight excluding hydrogens is 358 g/mol. The monoisotopic (exact) mass is 387 g/mol.